The van der Waals surface area contributed by atoms with Gasteiger partial charge in [0, 0.05) is 28.5 Å². The van der Waals surface area contributed by atoms with Gasteiger partial charge in [0.05, 0.1) is 11.0 Å². The molecule has 4 rings (SSSR count). The smallest absolute Gasteiger partial charge is 0.287 e. The molecule has 132 valence electrons. The minimum Gasteiger partial charge on any atom is -0.451 e. The highest BCUT2D eigenvalue weighted by atomic mass is 79.9. The predicted molar refractivity (Wildman–Crippen MR) is 105 cm³/mol. The van der Waals surface area contributed by atoms with Gasteiger partial charge in [0.2, 0.25) is 0 Å². The fraction of sp³-hybridized carbons (Fsp3) is 0.200. The largest absolute Gasteiger partial charge is 0.451 e. The van der Waals surface area contributed by atoms with E-state index in [1.807, 2.05) is 56.3 Å². The number of fused-ring (bicyclic) bond motifs is 2. The molecule has 2 aromatic carbocycles. The van der Waals surface area contributed by atoms with Gasteiger partial charge in [-0.05, 0) is 44.2 Å². The number of hydrogen-bond donors (Lipinski definition) is 1. The lowest BCUT2D eigenvalue weighted by Crippen LogP contribution is -2.27. The Kier molecular flexibility index (Phi) is 4.28. The van der Waals surface area contributed by atoms with Crippen molar-refractivity contribution >= 4 is 43.8 Å². The van der Waals surface area contributed by atoms with Crippen LogP contribution in [0.3, 0.4) is 0 Å². The van der Waals surface area contributed by atoms with Crippen molar-refractivity contribution in [1.82, 2.24) is 14.9 Å². The van der Waals surface area contributed by atoms with E-state index in [9.17, 15) is 4.79 Å². The minimum absolute atomic E-state index is 0.197. The summed E-state index contributed by atoms with van der Waals surface area (Å²) in [6.45, 7) is 5.03. The van der Waals surface area contributed by atoms with E-state index in [1.54, 1.807) is 0 Å². The summed E-state index contributed by atoms with van der Waals surface area (Å²) in [5.74, 6) is 1.10. The van der Waals surface area contributed by atoms with Gasteiger partial charge in [0.1, 0.15) is 11.4 Å². The van der Waals surface area contributed by atoms with Gasteiger partial charge < -0.3 is 14.3 Å². The number of nitrogens with one attached hydrogen (secondary N) is 1. The maximum absolute atomic E-state index is 12.6. The summed E-state index contributed by atoms with van der Waals surface area (Å²) in [4.78, 5) is 17.1. The zero-order chi connectivity index (χ0) is 18.3. The van der Waals surface area contributed by atoms with Gasteiger partial charge in [-0.15, -0.1) is 0 Å². The molecule has 2 aromatic heterocycles. The van der Waals surface area contributed by atoms with Crippen molar-refractivity contribution in [2.24, 2.45) is 0 Å². The van der Waals surface area contributed by atoms with Crippen molar-refractivity contribution in [1.29, 1.82) is 0 Å². The molecule has 0 aliphatic heterocycles. The van der Waals surface area contributed by atoms with Crippen LogP contribution in [-0.2, 0) is 6.54 Å². The summed E-state index contributed by atoms with van der Waals surface area (Å²) in [7, 11) is 0. The SMILES string of the molecule is Cc1c(C(=O)NCCn2c(C)nc3ccccc32)oc2ccc(Br)cc12. The molecule has 6 heteroatoms. The zero-order valence-corrected chi connectivity index (χ0v) is 16.1. The van der Waals surface area contributed by atoms with Gasteiger partial charge >= 0.3 is 0 Å². The third-order valence-corrected chi connectivity index (χ3v) is 5.06. The van der Waals surface area contributed by atoms with Crippen LogP contribution in [0.25, 0.3) is 22.0 Å². The van der Waals surface area contributed by atoms with Crippen molar-refractivity contribution in [3.8, 4) is 0 Å². The number of amides is 1. The molecule has 0 unspecified atom stereocenters. The van der Waals surface area contributed by atoms with Crippen molar-refractivity contribution in [3.63, 3.8) is 0 Å². The second-order valence-electron chi connectivity index (χ2n) is 6.25. The maximum atomic E-state index is 12.6. The summed E-state index contributed by atoms with van der Waals surface area (Å²) in [5, 5.41) is 3.90. The molecule has 0 aliphatic rings. The molecule has 5 nitrogen and oxygen atoms in total. The van der Waals surface area contributed by atoms with Crippen LogP contribution in [0.2, 0.25) is 0 Å². The van der Waals surface area contributed by atoms with E-state index in [4.69, 9.17) is 4.42 Å². The molecule has 0 bridgehead atoms. The normalized spacial score (nSPS) is 11.3. The first kappa shape index (κ1) is 16.8. The number of carbonyl (C=O) groups excluding carboxylic acids is 1. The Morgan fingerprint density at radius 2 is 2.04 bits per heavy atom. The van der Waals surface area contributed by atoms with E-state index in [0.29, 0.717) is 24.4 Å². The van der Waals surface area contributed by atoms with Gasteiger partial charge in [-0.2, -0.15) is 0 Å². The van der Waals surface area contributed by atoms with Crippen LogP contribution in [0.4, 0.5) is 0 Å². The van der Waals surface area contributed by atoms with Crippen molar-refractivity contribution in [2.75, 3.05) is 6.54 Å². The van der Waals surface area contributed by atoms with Crippen LogP contribution in [0.15, 0.2) is 51.4 Å². The molecule has 0 spiro atoms. The van der Waals surface area contributed by atoms with Crippen LogP contribution in [0.5, 0.6) is 0 Å². The molecular weight excluding hydrogens is 394 g/mol. The van der Waals surface area contributed by atoms with E-state index in [0.717, 1.165) is 32.3 Å². The van der Waals surface area contributed by atoms with Crippen LogP contribution in [-0.4, -0.2) is 22.0 Å². The number of aryl methyl sites for hydroxylation is 2. The third-order valence-electron chi connectivity index (χ3n) is 4.57. The highest BCUT2D eigenvalue weighted by Gasteiger charge is 2.17. The van der Waals surface area contributed by atoms with Crippen LogP contribution in [0.1, 0.15) is 21.9 Å². The highest BCUT2D eigenvalue weighted by molar-refractivity contribution is 9.10. The van der Waals surface area contributed by atoms with Gasteiger partial charge in [-0.25, -0.2) is 4.98 Å². The Labute approximate surface area is 159 Å². The second-order valence-corrected chi connectivity index (χ2v) is 7.17. The molecular formula is C20H18BrN3O2. The summed E-state index contributed by atoms with van der Waals surface area (Å²) < 4.78 is 8.82. The molecule has 2 heterocycles. The Morgan fingerprint density at radius 3 is 2.88 bits per heavy atom. The number of benzene rings is 2. The predicted octanol–water partition coefficient (Wildman–Crippen LogP) is 4.59. The number of halogens is 1. The minimum atomic E-state index is -0.197. The molecule has 0 atom stereocenters. The van der Waals surface area contributed by atoms with E-state index < -0.39 is 0 Å². The van der Waals surface area contributed by atoms with Gasteiger partial charge in [-0.3, -0.25) is 4.79 Å². The summed E-state index contributed by atoms with van der Waals surface area (Å²) >= 11 is 3.45. The van der Waals surface area contributed by atoms with Crippen molar-refractivity contribution < 1.29 is 9.21 Å². The topological polar surface area (TPSA) is 60.1 Å². The van der Waals surface area contributed by atoms with Crippen molar-refractivity contribution in [2.45, 2.75) is 20.4 Å². The van der Waals surface area contributed by atoms with Crippen LogP contribution < -0.4 is 5.32 Å². The number of imidazole rings is 1. The molecule has 4 aromatic rings. The molecule has 0 radical (unpaired) electrons. The fourth-order valence-corrected chi connectivity index (χ4v) is 3.61. The molecule has 0 aliphatic carbocycles. The lowest BCUT2D eigenvalue weighted by Gasteiger charge is -2.08. The van der Waals surface area contributed by atoms with E-state index in [2.05, 4.69) is 30.8 Å². The molecule has 1 amide bonds. The second kappa shape index (κ2) is 6.61. The quantitative estimate of drug-likeness (QED) is 0.533. The van der Waals surface area contributed by atoms with Gasteiger partial charge in [-0.1, -0.05) is 28.1 Å². The number of para-hydroxylation sites is 2. The summed E-state index contributed by atoms with van der Waals surface area (Å²) in [6.07, 6.45) is 0. The lowest BCUT2D eigenvalue weighted by molar-refractivity contribution is 0.0926. The molecule has 0 saturated carbocycles. The molecule has 0 saturated heterocycles. The Balaban J connectivity index is 1.51. The number of rotatable bonds is 4. The molecule has 0 fully saturated rings. The van der Waals surface area contributed by atoms with Crippen LogP contribution >= 0.6 is 15.9 Å². The number of hydrogen-bond acceptors (Lipinski definition) is 3. The van der Waals surface area contributed by atoms with E-state index in [1.165, 1.54) is 0 Å². The summed E-state index contributed by atoms with van der Waals surface area (Å²) in [6, 6.07) is 13.7. The maximum Gasteiger partial charge on any atom is 0.287 e. The summed E-state index contributed by atoms with van der Waals surface area (Å²) in [5.41, 5.74) is 3.61. The van der Waals surface area contributed by atoms with Crippen LogP contribution in [0, 0.1) is 13.8 Å². The number of aromatic nitrogens is 2. The Hall–Kier alpha value is -2.60. The van der Waals surface area contributed by atoms with E-state index >= 15 is 0 Å². The fourth-order valence-electron chi connectivity index (χ4n) is 3.25. The zero-order valence-electron chi connectivity index (χ0n) is 14.5. The van der Waals surface area contributed by atoms with Gasteiger partial charge in [0.15, 0.2) is 5.76 Å². The average molecular weight is 412 g/mol. The molecule has 1 N–H and O–H groups in total. The lowest BCUT2D eigenvalue weighted by atomic mass is 10.1. The standard InChI is InChI=1S/C20H18BrN3O2/c1-12-15-11-14(21)7-8-18(15)26-19(12)20(25)22-9-10-24-13(2)23-16-5-3-4-6-17(16)24/h3-8,11H,9-10H2,1-2H3,(H,22,25). The number of furan rings is 1. The number of nitrogens with zero attached hydrogens (tertiary/aromatic N) is 2. The van der Waals surface area contributed by atoms with E-state index in [-0.39, 0.29) is 5.91 Å². The molecule has 26 heavy (non-hydrogen) atoms. The Morgan fingerprint density at radius 1 is 1.23 bits per heavy atom. The first-order chi connectivity index (χ1) is 12.5. The third kappa shape index (κ3) is 2.90. The highest BCUT2D eigenvalue weighted by Crippen LogP contribution is 2.28. The van der Waals surface area contributed by atoms with Gasteiger partial charge in [0.25, 0.3) is 5.91 Å². The average Bonchev–Trinajstić information content (AvgIpc) is 3.12. The first-order valence-electron chi connectivity index (χ1n) is 8.43. The first-order valence-corrected chi connectivity index (χ1v) is 9.22. The van der Waals surface area contributed by atoms with Crippen molar-refractivity contribution in [3.05, 3.63) is 64.1 Å². The monoisotopic (exact) mass is 411 g/mol. The Bertz CT molecular complexity index is 1130. The number of carbonyl (C=O) groups is 1.